The highest BCUT2D eigenvalue weighted by atomic mass is 35.5. The maximum absolute atomic E-state index is 11.4. The first-order valence-electron chi connectivity index (χ1n) is 7.33. The average molecular weight is 338 g/mol. The molecule has 4 rings (SSSR count). The van der Waals surface area contributed by atoms with Gasteiger partial charge in [-0.1, -0.05) is 17.7 Å². The molecule has 0 aliphatic rings. The van der Waals surface area contributed by atoms with Crippen LogP contribution in [0.15, 0.2) is 55.0 Å². The number of rotatable bonds is 3. The molecular weight excluding hydrogens is 326 g/mol. The molecule has 1 aromatic carbocycles. The zero-order chi connectivity index (χ0) is 16.7. The number of aromatic nitrogens is 3. The van der Waals surface area contributed by atoms with Gasteiger partial charge in [-0.15, -0.1) is 0 Å². The van der Waals surface area contributed by atoms with Gasteiger partial charge in [-0.25, -0.2) is 4.79 Å². The number of carboxylic acid groups (broad SMARTS) is 1. The Morgan fingerprint density at radius 1 is 1.21 bits per heavy atom. The van der Waals surface area contributed by atoms with Gasteiger partial charge in [0.25, 0.3) is 0 Å². The molecule has 0 spiro atoms. The zero-order valence-corrected chi connectivity index (χ0v) is 13.2. The maximum atomic E-state index is 11.4. The van der Waals surface area contributed by atoms with Crippen molar-refractivity contribution in [2.24, 2.45) is 0 Å². The molecule has 0 aliphatic heterocycles. The van der Waals surface area contributed by atoms with Crippen LogP contribution in [0.4, 0.5) is 0 Å². The normalized spacial score (nSPS) is 11.2. The number of pyridine rings is 2. The Kier molecular flexibility index (Phi) is 3.43. The molecule has 3 aromatic heterocycles. The van der Waals surface area contributed by atoms with E-state index in [1.165, 1.54) is 0 Å². The molecule has 6 heteroatoms. The Balaban J connectivity index is 1.80. The van der Waals surface area contributed by atoms with E-state index in [1.807, 2.05) is 34.9 Å². The minimum atomic E-state index is -0.980. The van der Waals surface area contributed by atoms with Crippen LogP contribution < -0.4 is 0 Å². The number of halogens is 1. The Hall–Kier alpha value is -2.92. The maximum Gasteiger partial charge on any atom is 0.339 e. The van der Waals surface area contributed by atoms with Gasteiger partial charge in [-0.2, -0.15) is 0 Å². The summed E-state index contributed by atoms with van der Waals surface area (Å²) in [7, 11) is 0. The number of hydrogen-bond donors (Lipinski definition) is 1. The second-order valence-corrected chi connectivity index (χ2v) is 5.96. The zero-order valence-electron chi connectivity index (χ0n) is 12.5. The summed E-state index contributed by atoms with van der Waals surface area (Å²) in [6, 6.07) is 11.5. The molecule has 118 valence electrons. The average Bonchev–Trinajstić information content (AvgIpc) is 2.94. The van der Waals surface area contributed by atoms with Gasteiger partial charge in [0.1, 0.15) is 11.1 Å². The van der Waals surface area contributed by atoms with Crippen molar-refractivity contribution >= 4 is 39.5 Å². The largest absolute Gasteiger partial charge is 0.478 e. The summed E-state index contributed by atoms with van der Waals surface area (Å²) in [5.41, 5.74) is 3.39. The molecule has 0 atom stereocenters. The van der Waals surface area contributed by atoms with Crippen LogP contribution in [0, 0.1) is 0 Å². The van der Waals surface area contributed by atoms with E-state index in [-0.39, 0.29) is 5.56 Å². The highest BCUT2D eigenvalue weighted by Crippen LogP contribution is 2.22. The molecule has 0 bridgehead atoms. The van der Waals surface area contributed by atoms with Gasteiger partial charge < -0.3 is 9.67 Å². The van der Waals surface area contributed by atoms with Gasteiger partial charge in [-0.3, -0.25) is 9.97 Å². The standard InChI is InChI=1S/C18H12ClN3O2/c19-13-7-12-6-11(3-4-15(12)21-8-13)9-22-10-14(18(23)24)17-16(22)2-1-5-20-17/h1-8,10H,9H2,(H,23,24). The van der Waals surface area contributed by atoms with E-state index in [0.717, 1.165) is 22.0 Å². The third-order valence-corrected chi connectivity index (χ3v) is 4.14. The minimum absolute atomic E-state index is 0.205. The van der Waals surface area contributed by atoms with Gasteiger partial charge in [0.2, 0.25) is 0 Å². The topological polar surface area (TPSA) is 68.0 Å². The third kappa shape index (κ3) is 2.49. The predicted molar refractivity (Wildman–Crippen MR) is 92.5 cm³/mol. The number of fused-ring (bicyclic) bond motifs is 2. The fraction of sp³-hybridized carbons (Fsp3) is 0.0556. The number of hydrogen-bond acceptors (Lipinski definition) is 3. The fourth-order valence-electron chi connectivity index (χ4n) is 2.86. The summed E-state index contributed by atoms with van der Waals surface area (Å²) in [6.07, 6.45) is 4.84. The van der Waals surface area contributed by atoms with Crippen LogP contribution in [0.25, 0.3) is 21.9 Å². The van der Waals surface area contributed by atoms with Crippen LogP contribution in [0.5, 0.6) is 0 Å². The lowest BCUT2D eigenvalue weighted by atomic mass is 10.1. The van der Waals surface area contributed by atoms with Crippen LogP contribution in [0.3, 0.4) is 0 Å². The van der Waals surface area contributed by atoms with Crippen molar-refractivity contribution in [2.75, 3.05) is 0 Å². The van der Waals surface area contributed by atoms with E-state index >= 15 is 0 Å². The fourth-order valence-corrected chi connectivity index (χ4v) is 3.03. The third-order valence-electron chi connectivity index (χ3n) is 3.93. The van der Waals surface area contributed by atoms with Crippen molar-refractivity contribution in [3.8, 4) is 0 Å². The molecule has 0 amide bonds. The van der Waals surface area contributed by atoms with Crippen LogP contribution in [0.1, 0.15) is 15.9 Å². The van der Waals surface area contributed by atoms with E-state index in [2.05, 4.69) is 9.97 Å². The van der Waals surface area contributed by atoms with Gasteiger partial charge in [-0.05, 0) is 35.9 Å². The van der Waals surface area contributed by atoms with E-state index in [9.17, 15) is 9.90 Å². The van der Waals surface area contributed by atoms with Gasteiger partial charge in [0, 0.05) is 30.5 Å². The first-order valence-corrected chi connectivity index (χ1v) is 7.71. The van der Waals surface area contributed by atoms with Crippen molar-refractivity contribution in [1.29, 1.82) is 0 Å². The molecule has 5 nitrogen and oxygen atoms in total. The molecule has 0 radical (unpaired) electrons. The van der Waals surface area contributed by atoms with Crippen molar-refractivity contribution in [1.82, 2.24) is 14.5 Å². The van der Waals surface area contributed by atoms with Crippen LogP contribution in [-0.4, -0.2) is 25.6 Å². The second kappa shape index (κ2) is 5.62. The number of carbonyl (C=O) groups is 1. The van der Waals surface area contributed by atoms with Crippen molar-refractivity contribution < 1.29 is 9.90 Å². The van der Waals surface area contributed by atoms with Crippen LogP contribution in [-0.2, 0) is 6.54 Å². The molecule has 0 saturated carbocycles. The first-order chi connectivity index (χ1) is 11.6. The van der Waals surface area contributed by atoms with Crippen molar-refractivity contribution in [3.63, 3.8) is 0 Å². The van der Waals surface area contributed by atoms with Crippen molar-refractivity contribution in [2.45, 2.75) is 6.54 Å². The quantitative estimate of drug-likeness (QED) is 0.614. The lowest BCUT2D eigenvalue weighted by Crippen LogP contribution is -1.99. The monoisotopic (exact) mass is 337 g/mol. The minimum Gasteiger partial charge on any atom is -0.478 e. The molecule has 3 heterocycles. The molecule has 24 heavy (non-hydrogen) atoms. The summed E-state index contributed by atoms with van der Waals surface area (Å²) in [5.74, 6) is -0.980. The molecule has 0 saturated heterocycles. The van der Waals surface area contributed by atoms with Crippen LogP contribution >= 0.6 is 11.6 Å². The Labute approximate surface area is 142 Å². The van der Waals surface area contributed by atoms with E-state index < -0.39 is 5.97 Å². The lowest BCUT2D eigenvalue weighted by Gasteiger charge is -2.07. The molecular formula is C18H12ClN3O2. The Bertz CT molecular complexity index is 1090. The summed E-state index contributed by atoms with van der Waals surface area (Å²) >= 11 is 6.01. The molecule has 0 aliphatic carbocycles. The van der Waals surface area contributed by atoms with E-state index in [4.69, 9.17) is 11.6 Å². The van der Waals surface area contributed by atoms with Gasteiger partial charge in [0.05, 0.1) is 16.1 Å². The van der Waals surface area contributed by atoms with Crippen molar-refractivity contribution in [3.05, 3.63) is 71.1 Å². The molecule has 4 aromatic rings. The molecule has 0 fully saturated rings. The van der Waals surface area contributed by atoms with E-state index in [0.29, 0.717) is 17.1 Å². The number of aromatic carboxylic acids is 1. The number of carboxylic acids is 1. The highest BCUT2D eigenvalue weighted by molar-refractivity contribution is 6.31. The van der Waals surface area contributed by atoms with Gasteiger partial charge in [0.15, 0.2) is 0 Å². The smallest absolute Gasteiger partial charge is 0.339 e. The first kappa shape index (κ1) is 14.7. The molecule has 1 N–H and O–H groups in total. The SMILES string of the molecule is O=C(O)c1cn(Cc2ccc3ncc(Cl)cc3c2)c2cccnc12. The summed E-state index contributed by atoms with van der Waals surface area (Å²) in [5, 5.41) is 10.9. The van der Waals surface area contributed by atoms with Gasteiger partial charge >= 0.3 is 5.97 Å². The number of nitrogens with zero attached hydrogens (tertiary/aromatic N) is 3. The summed E-state index contributed by atoms with van der Waals surface area (Å²) in [6.45, 7) is 0.540. The Morgan fingerprint density at radius 2 is 2.08 bits per heavy atom. The second-order valence-electron chi connectivity index (χ2n) is 5.53. The molecule has 0 unspecified atom stereocenters. The van der Waals surface area contributed by atoms with E-state index in [1.54, 1.807) is 24.7 Å². The Morgan fingerprint density at radius 3 is 2.92 bits per heavy atom. The summed E-state index contributed by atoms with van der Waals surface area (Å²) in [4.78, 5) is 19.9. The predicted octanol–water partition coefficient (Wildman–Crippen LogP) is 3.98. The lowest BCUT2D eigenvalue weighted by molar-refractivity contribution is 0.0698. The highest BCUT2D eigenvalue weighted by Gasteiger charge is 2.15. The van der Waals surface area contributed by atoms with Crippen LogP contribution in [0.2, 0.25) is 5.02 Å². The summed E-state index contributed by atoms with van der Waals surface area (Å²) < 4.78 is 1.89. The number of benzene rings is 1.